The Morgan fingerprint density at radius 3 is 2.05 bits per heavy atom. The highest BCUT2D eigenvalue weighted by atomic mass is 19.4. The third-order valence-corrected chi connectivity index (χ3v) is 1.54. The molecule has 1 aliphatic rings. The molecular weight excluding hydrogens is 320 g/mol. The van der Waals surface area contributed by atoms with E-state index in [9.17, 15) is 39.9 Å². The predicted molar refractivity (Wildman–Crippen MR) is 35.6 cm³/mol. The van der Waals surface area contributed by atoms with Gasteiger partial charge in [-0.2, -0.15) is 13.2 Å². The Labute approximate surface area is 102 Å². The van der Waals surface area contributed by atoms with Crippen molar-refractivity contribution in [2.45, 2.75) is 31.1 Å². The number of carboxylic acids is 1. The molecule has 0 saturated carbocycles. The van der Waals surface area contributed by atoms with E-state index < -0.39 is 37.1 Å². The summed E-state index contributed by atoms with van der Waals surface area (Å²) in [6.45, 7) is 0. The Kier molecular flexibility index (Phi) is 3.90. The molecule has 0 aliphatic carbocycles. The van der Waals surface area contributed by atoms with Crippen LogP contribution in [0.15, 0.2) is 0 Å². The van der Waals surface area contributed by atoms with Crippen LogP contribution in [0.3, 0.4) is 0 Å². The normalized spacial score (nSPS) is 30.5. The van der Waals surface area contributed by atoms with E-state index in [1.807, 2.05) is 0 Å². The van der Waals surface area contributed by atoms with Crippen molar-refractivity contribution in [3.05, 3.63) is 0 Å². The average Bonchev–Trinajstić information content (AvgIpc) is 2.30. The fourth-order valence-corrected chi connectivity index (χ4v) is 0.935. The highest BCUT2D eigenvalue weighted by Crippen LogP contribution is 2.45. The van der Waals surface area contributed by atoms with Crippen LogP contribution in [0, 0.1) is 0 Å². The van der Waals surface area contributed by atoms with Crippen molar-refractivity contribution in [2.24, 2.45) is 0 Å². The SMILES string of the molecule is O=C(O)C(F)(F)OC1OC(F)(F)OC1(F)OC(F)(F)F. The Bertz CT molecular complexity index is 395. The molecular formula is C6H2F8O6. The number of alkyl halides is 8. The standard InChI is InChI=1S/C6H2F8O6/c7-3(8,1(15)16)17-2-4(9,19-5(10,11)12)20-6(13,14)18-2/h2H,(H,15,16). The second-order valence-corrected chi connectivity index (χ2v) is 3.09. The zero-order valence-electron chi connectivity index (χ0n) is 8.59. The molecule has 0 aromatic rings. The number of rotatable bonds is 4. The van der Waals surface area contributed by atoms with E-state index >= 15 is 0 Å². The van der Waals surface area contributed by atoms with Crippen molar-refractivity contribution in [1.29, 1.82) is 0 Å². The molecule has 1 saturated heterocycles. The van der Waals surface area contributed by atoms with Gasteiger partial charge in [0.1, 0.15) is 0 Å². The summed E-state index contributed by atoms with van der Waals surface area (Å²) < 4.78 is 110. The van der Waals surface area contributed by atoms with Crippen LogP contribution in [0.2, 0.25) is 0 Å². The van der Waals surface area contributed by atoms with Crippen molar-refractivity contribution >= 4 is 5.97 Å². The van der Waals surface area contributed by atoms with Crippen LogP contribution in [0.1, 0.15) is 0 Å². The molecule has 20 heavy (non-hydrogen) atoms. The molecule has 6 nitrogen and oxygen atoms in total. The number of aliphatic carboxylic acids is 1. The summed E-state index contributed by atoms with van der Waals surface area (Å²) in [5.41, 5.74) is 0. The van der Waals surface area contributed by atoms with Crippen LogP contribution in [-0.4, -0.2) is 42.2 Å². The second kappa shape index (κ2) is 4.64. The first kappa shape index (κ1) is 16.8. The van der Waals surface area contributed by atoms with Crippen molar-refractivity contribution in [3.63, 3.8) is 0 Å². The Hall–Kier alpha value is -1.25. The van der Waals surface area contributed by atoms with Crippen LogP contribution in [0.25, 0.3) is 0 Å². The Morgan fingerprint density at radius 2 is 1.65 bits per heavy atom. The molecule has 14 heteroatoms. The van der Waals surface area contributed by atoms with Gasteiger partial charge >= 0.3 is 30.8 Å². The maximum absolute atomic E-state index is 13.3. The topological polar surface area (TPSA) is 74.2 Å². The smallest absolute Gasteiger partial charge is 0.475 e. The lowest BCUT2D eigenvalue weighted by Crippen LogP contribution is -2.48. The van der Waals surface area contributed by atoms with Gasteiger partial charge in [0.15, 0.2) is 0 Å². The lowest BCUT2D eigenvalue weighted by molar-refractivity contribution is -0.488. The number of hydrogen-bond acceptors (Lipinski definition) is 5. The van der Waals surface area contributed by atoms with Gasteiger partial charge in [0.2, 0.25) is 0 Å². The van der Waals surface area contributed by atoms with Crippen LogP contribution < -0.4 is 0 Å². The number of halogens is 8. The summed E-state index contributed by atoms with van der Waals surface area (Å²) in [5, 5.41) is 7.89. The first-order valence-corrected chi connectivity index (χ1v) is 4.17. The van der Waals surface area contributed by atoms with Gasteiger partial charge in [-0.15, -0.1) is 22.0 Å². The quantitative estimate of drug-likeness (QED) is 0.795. The fourth-order valence-electron chi connectivity index (χ4n) is 0.935. The number of carbonyl (C=O) groups is 1. The van der Waals surface area contributed by atoms with Gasteiger partial charge < -0.3 is 5.11 Å². The summed E-state index contributed by atoms with van der Waals surface area (Å²) in [5.74, 6) is -3.11. The first-order valence-electron chi connectivity index (χ1n) is 4.17. The largest absolute Gasteiger partial charge is 0.527 e. The second-order valence-electron chi connectivity index (χ2n) is 3.09. The van der Waals surface area contributed by atoms with Crippen LogP contribution >= 0.6 is 0 Å². The van der Waals surface area contributed by atoms with Gasteiger partial charge in [-0.25, -0.2) is 14.3 Å². The van der Waals surface area contributed by atoms with Crippen molar-refractivity contribution in [1.82, 2.24) is 0 Å². The summed E-state index contributed by atoms with van der Waals surface area (Å²) in [6.07, 6.45) is -20.2. The van der Waals surface area contributed by atoms with Gasteiger partial charge in [0.25, 0.3) is 6.29 Å². The molecule has 2 atom stereocenters. The van der Waals surface area contributed by atoms with Crippen molar-refractivity contribution in [3.8, 4) is 0 Å². The minimum Gasteiger partial charge on any atom is -0.475 e. The zero-order valence-corrected chi connectivity index (χ0v) is 8.59. The van der Waals surface area contributed by atoms with E-state index in [4.69, 9.17) is 5.11 Å². The Morgan fingerprint density at radius 1 is 1.15 bits per heavy atom. The number of hydrogen-bond donors (Lipinski definition) is 1. The van der Waals surface area contributed by atoms with E-state index in [2.05, 4.69) is 18.9 Å². The van der Waals surface area contributed by atoms with Gasteiger partial charge in [-0.1, -0.05) is 0 Å². The van der Waals surface area contributed by atoms with Crippen LogP contribution in [0.4, 0.5) is 35.1 Å². The predicted octanol–water partition coefficient (Wildman–Crippen LogP) is 1.76. The summed E-state index contributed by atoms with van der Waals surface area (Å²) in [6, 6.07) is -5.04. The maximum atomic E-state index is 13.3. The molecule has 1 fully saturated rings. The lowest BCUT2D eigenvalue weighted by Gasteiger charge is -2.25. The molecule has 1 rings (SSSR count). The van der Waals surface area contributed by atoms with E-state index in [-0.39, 0.29) is 0 Å². The fraction of sp³-hybridized carbons (Fsp3) is 0.833. The first-order chi connectivity index (χ1) is 8.67. The highest BCUT2D eigenvalue weighted by Gasteiger charge is 2.69. The minimum absolute atomic E-state index is 2.41. The van der Waals surface area contributed by atoms with Gasteiger partial charge in [-0.05, 0) is 0 Å². The minimum atomic E-state index is -5.95. The average molecular weight is 322 g/mol. The van der Waals surface area contributed by atoms with Gasteiger partial charge in [0, 0.05) is 0 Å². The molecule has 0 aromatic heterocycles. The molecule has 2 unspecified atom stereocenters. The third kappa shape index (κ3) is 3.87. The molecule has 0 bridgehead atoms. The number of carboxylic acid groups (broad SMARTS) is 1. The molecule has 0 spiro atoms. The van der Waals surface area contributed by atoms with Crippen molar-refractivity contribution in [2.75, 3.05) is 0 Å². The summed E-state index contributed by atoms with van der Waals surface area (Å²) in [4.78, 5) is 9.92. The summed E-state index contributed by atoms with van der Waals surface area (Å²) in [7, 11) is 0. The number of ether oxygens (including phenoxy) is 4. The third-order valence-electron chi connectivity index (χ3n) is 1.54. The van der Waals surface area contributed by atoms with E-state index in [0.29, 0.717) is 0 Å². The van der Waals surface area contributed by atoms with E-state index in [1.165, 1.54) is 0 Å². The molecule has 1 aliphatic heterocycles. The molecule has 1 N–H and O–H groups in total. The van der Waals surface area contributed by atoms with Crippen LogP contribution in [0.5, 0.6) is 0 Å². The Balaban J connectivity index is 2.99. The zero-order chi connectivity index (χ0) is 16.0. The molecule has 1 heterocycles. The maximum Gasteiger partial charge on any atom is 0.527 e. The van der Waals surface area contributed by atoms with Crippen LogP contribution in [-0.2, 0) is 23.7 Å². The van der Waals surface area contributed by atoms with E-state index in [1.54, 1.807) is 0 Å². The summed E-state index contributed by atoms with van der Waals surface area (Å²) >= 11 is 0. The molecule has 118 valence electrons. The lowest BCUT2D eigenvalue weighted by atomic mass is 10.5. The molecule has 0 amide bonds. The van der Waals surface area contributed by atoms with E-state index in [0.717, 1.165) is 0 Å². The van der Waals surface area contributed by atoms with Gasteiger partial charge in [-0.3, -0.25) is 9.47 Å². The van der Waals surface area contributed by atoms with Crippen molar-refractivity contribution < 1.29 is 64.0 Å². The molecule has 0 radical (unpaired) electrons. The molecule has 0 aromatic carbocycles. The monoisotopic (exact) mass is 322 g/mol. The van der Waals surface area contributed by atoms with Gasteiger partial charge in [0.05, 0.1) is 0 Å². The highest BCUT2D eigenvalue weighted by molar-refractivity contribution is 5.73.